The maximum atomic E-state index is 5.94. The van der Waals surface area contributed by atoms with Gasteiger partial charge in [-0.25, -0.2) is 0 Å². The minimum atomic E-state index is 0.711. The summed E-state index contributed by atoms with van der Waals surface area (Å²) in [5, 5.41) is 5.94. The Labute approximate surface area is 124 Å². The number of amidine groups is 1. The van der Waals surface area contributed by atoms with Crippen molar-refractivity contribution in [3.63, 3.8) is 0 Å². The Morgan fingerprint density at radius 3 is 2.94 bits per heavy atom. The van der Waals surface area contributed by atoms with Crippen molar-refractivity contribution in [2.75, 3.05) is 11.9 Å². The molecular formula is C12H12ClIN2S. The van der Waals surface area contributed by atoms with E-state index < -0.39 is 0 Å². The van der Waals surface area contributed by atoms with Crippen LogP contribution < -0.4 is 5.32 Å². The average Bonchev–Trinajstić information content (AvgIpc) is 3.04. The lowest BCUT2D eigenvalue weighted by Crippen LogP contribution is -2.09. The van der Waals surface area contributed by atoms with E-state index in [-0.39, 0.29) is 0 Å². The van der Waals surface area contributed by atoms with Crippen molar-refractivity contribution in [2.24, 2.45) is 10.9 Å². The third-order valence-electron chi connectivity index (χ3n) is 3.00. The third kappa shape index (κ3) is 2.90. The smallest absolute Gasteiger partial charge is 0.161 e. The molecule has 0 bridgehead atoms. The van der Waals surface area contributed by atoms with Crippen molar-refractivity contribution in [1.82, 2.24) is 0 Å². The van der Waals surface area contributed by atoms with E-state index in [0.29, 0.717) is 5.25 Å². The van der Waals surface area contributed by atoms with Crippen LogP contribution in [0, 0.1) is 9.49 Å². The van der Waals surface area contributed by atoms with Gasteiger partial charge in [-0.2, -0.15) is 0 Å². The molecule has 2 aliphatic rings. The van der Waals surface area contributed by atoms with E-state index in [1.807, 2.05) is 30.0 Å². The van der Waals surface area contributed by atoms with Gasteiger partial charge in [0, 0.05) is 13.8 Å². The number of nitrogens with one attached hydrogen (secondary N) is 1. The molecule has 90 valence electrons. The van der Waals surface area contributed by atoms with Crippen molar-refractivity contribution >= 4 is 56.8 Å². The highest BCUT2D eigenvalue weighted by molar-refractivity contribution is 14.1. The zero-order valence-electron chi connectivity index (χ0n) is 9.12. The Morgan fingerprint density at radius 1 is 1.41 bits per heavy atom. The number of anilines is 1. The lowest BCUT2D eigenvalue weighted by atomic mass is 10.3. The molecule has 3 rings (SSSR count). The summed E-state index contributed by atoms with van der Waals surface area (Å²) in [4.78, 5) is 4.57. The Bertz CT molecular complexity index is 474. The number of benzene rings is 1. The quantitative estimate of drug-likeness (QED) is 0.779. The normalized spacial score (nSPS) is 23.6. The molecule has 2 nitrogen and oxygen atoms in total. The topological polar surface area (TPSA) is 24.4 Å². The van der Waals surface area contributed by atoms with Crippen LogP contribution in [0.25, 0.3) is 0 Å². The number of hydrogen-bond acceptors (Lipinski definition) is 3. The van der Waals surface area contributed by atoms with E-state index >= 15 is 0 Å². The predicted molar refractivity (Wildman–Crippen MR) is 84.2 cm³/mol. The summed E-state index contributed by atoms with van der Waals surface area (Å²) >= 11 is 10.1. The summed E-state index contributed by atoms with van der Waals surface area (Å²) in [7, 11) is 0. The molecule has 17 heavy (non-hydrogen) atoms. The molecule has 0 aromatic heterocycles. The zero-order valence-corrected chi connectivity index (χ0v) is 12.8. The Morgan fingerprint density at radius 2 is 2.24 bits per heavy atom. The van der Waals surface area contributed by atoms with Crippen LogP contribution in [0.2, 0.25) is 5.02 Å². The lowest BCUT2D eigenvalue weighted by Gasteiger charge is -2.09. The number of aliphatic imine (C=N–C) groups is 1. The maximum Gasteiger partial charge on any atom is 0.161 e. The monoisotopic (exact) mass is 378 g/mol. The summed E-state index contributed by atoms with van der Waals surface area (Å²) in [6.07, 6.45) is 2.78. The van der Waals surface area contributed by atoms with Crippen molar-refractivity contribution < 1.29 is 0 Å². The van der Waals surface area contributed by atoms with E-state index in [1.165, 1.54) is 12.8 Å². The van der Waals surface area contributed by atoms with Gasteiger partial charge in [0.05, 0.1) is 12.2 Å². The largest absolute Gasteiger partial charge is 0.334 e. The Balaban J connectivity index is 1.66. The second-order valence-corrected chi connectivity index (χ2v) is 7.22. The Hall–Kier alpha value is 0.0600. The molecule has 1 aliphatic carbocycles. The highest BCUT2D eigenvalue weighted by Crippen LogP contribution is 2.42. The van der Waals surface area contributed by atoms with Crippen molar-refractivity contribution in [1.29, 1.82) is 0 Å². The van der Waals surface area contributed by atoms with Gasteiger partial charge in [-0.1, -0.05) is 23.4 Å². The summed E-state index contributed by atoms with van der Waals surface area (Å²) in [6, 6.07) is 5.88. The number of rotatable bonds is 2. The minimum absolute atomic E-state index is 0.711. The van der Waals surface area contributed by atoms with E-state index in [1.54, 1.807) is 0 Å². The molecule has 5 heteroatoms. The molecule has 1 N–H and O–H groups in total. The van der Waals surface area contributed by atoms with Gasteiger partial charge in [0.1, 0.15) is 0 Å². The van der Waals surface area contributed by atoms with Gasteiger partial charge in [-0.15, -0.1) is 0 Å². The van der Waals surface area contributed by atoms with E-state index in [0.717, 1.165) is 31.9 Å². The highest BCUT2D eigenvalue weighted by atomic mass is 127. The van der Waals surface area contributed by atoms with Crippen LogP contribution in [0.1, 0.15) is 12.8 Å². The summed E-state index contributed by atoms with van der Waals surface area (Å²) in [6.45, 7) is 0.974. The van der Waals surface area contributed by atoms with Crippen LogP contribution in [-0.2, 0) is 0 Å². The summed E-state index contributed by atoms with van der Waals surface area (Å²) < 4.78 is 1.13. The number of nitrogens with zero attached hydrogens (tertiary/aromatic N) is 1. The molecule has 1 aliphatic heterocycles. The molecule has 1 atom stereocenters. The van der Waals surface area contributed by atoms with Gasteiger partial charge in [-0.05, 0) is 59.5 Å². The van der Waals surface area contributed by atoms with Crippen LogP contribution in [0.5, 0.6) is 0 Å². The first kappa shape index (κ1) is 12.1. The average molecular weight is 379 g/mol. The molecular weight excluding hydrogens is 367 g/mol. The van der Waals surface area contributed by atoms with Gasteiger partial charge < -0.3 is 5.32 Å². The van der Waals surface area contributed by atoms with Gasteiger partial charge in [-0.3, -0.25) is 4.99 Å². The first-order valence-electron chi connectivity index (χ1n) is 5.65. The van der Waals surface area contributed by atoms with E-state index in [4.69, 9.17) is 11.6 Å². The molecule has 0 radical (unpaired) electrons. The van der Waals surface area contributed by atoms with Crippen LogP contribution >= 0.6 is 46.0 Å². The van der Waals surface area contributed by atoms with E-state index in [2.05, 4.69) is 32.9 Å². The zero-order chi connectivity index (χ0) is 11.8. The van der Waals surface area contributed by atoms with Crippen molar-refractivity contribution in [3.8, 4) is 0 Å². The molecule has 1 heterocycles. The lowest BCUT2D eigenvalue weighted by molar-refractivity contribution is 0.773. The van der Waals surface area contributed by atoms with Gasteiger partial charge >= 0.3 is 0 Å². The van der Waals surface area contributed by atoms with Gasteiger partial charge in [0.15, 0.2) is 5.17 Å². The first-order valence-corrected chi connectivity index (χ1v) is 7.99. The van der Waals surface area contributed by atoms with Gasteiger partial charge in [0.2, 0.25) is 0 Å². The fraction of sp³-hybridized carbons (Fsp3) is 0.417. The maximum absolute atomic E-state index is 5.94. The summed E-state index contributed by atoms with van der Waals surface area (Å²) in [5.74, 6) is 0.910. The molecule has 0 spiro atoms. The van der Waals surface area contributed by atoms with Crippen LogP contribution in [0.3, 0.4) is 0 Å². The van der Waals surface area contributed by atoms with Gasteiger partial charge in [0.25, 0.3) is 0 Å². The number of halogens is 2. The molecule has 0 saturated heterocycles. The first-order chi connectivity index (χ1) is 8.22. The van der Waals surface area contributed by atoms with Crippen molar-refractivity contribution in [3.05, 3.63) is 26.8 Å². The molecule has 1 aromatic carbocycles. The number of hydrogen-bond donors (Lipinski definition) is 1. The van der Waals surface area contributed by atoms with Crippen LogP contribution in [0.15, 0.2) is 23.2 Å². The highest BCUT2D eigenvalue weighted by Gasteiger charge is 2.35. The molecule has 1 aromatic rings. The molecule has 0 amide bonds. The SMILES string of the molecule is Clc1ccc(NC2=NCC(C3CC3)S2)c(I)c1. The minimum Gasteiger partial charge on any atom is -0.334 e. The standard InChI is InChI=1S/C12H12ClIN2S/c13-8-3-4-10(9(14)5-8)16-12-15-6-11(17-12)7-1-2-7/h3-5,7,11H,1-2,6H2,(H,15,16). The Kier molecular flexibility index (Phi) is 3.54. The van der Waals surface area contributed by atoms with E-state index in [9.17, 15) is 0 Å². The summed E-state index contributed by atoms with van der Waals surface area (Å²) in [5.41, 5.74) is 1.10. The second kappa shape index (κ2) is 4.97. The fourth-order valence-electron chi connectivity index (χ4n) is 1.88. The fourth-order valence-corrected chi connectivity index (χ4v) is 4.10. The third-order valence-corrected chi connectivity index (χ3v) is 5.42. The molecule has 1 saturated carbocycles. The van der Waals surface area contributed by atoms with Crippen molar-refractivity contribution in [2.45, 2.75) is 18.1 Å². The predicted octanol–water partition coefficient (Wildman–Crippen LogP) is 4.24. The molecule has 1 fully saturated rings. The second-order valence-electron chi connectivity index (χ2n) is 4.39. The van der Waals surface area contributed by atoms with Crippen LogP contribution in [0.4, 0.5) is 5.69 Å². The number of thioether (sulfide) groups is 1. The van der Waals surface area contributed by atoms with Crippen LogP contribution in [-0.4, -0.2) is 17.0 Å². The molecule has 1 unspecified atom stereocenters.